The number of carbonyl (C=O) groups is 1. The minimum absolute atomic E-state index is 0. The molecule has 0 N–H and O–H groups in total. The molecule has 0 saturated carbocycles. The Morgan fingerprint density at radius 1 is 1.47 bits per heavy atom. The Bertz CT molecular complexity index is 455. The quantitative estimate of drug-likeness (QED) is 0.695. The summed E-state index contributed by atoms with van der Waals surface area (Å²) in [6, 6.07) is 4.75. The molecule has 0 aliphatic carbocycles. The number of nitrogens with zero attached hydrogens (tertiary/aromatic N) is 1. The molecule has 1 aromatic carbocycles. The van der Waals surface area contributed by atoms with Gasteiger partial charge in [0.15, 0.2) is 0 Å². The molecule has 1 aliphatic heterocycles. The van der Waals surface area contributed by atoms with Crippen LogP contribution in [0.5, 0.6) is 0 Å². The second kappa shape index (κ2) is 6.21. The van der Waals surface area contributed by atoms with Crippen molar-refractivity contribution in [3.63, 3.8) is 0 Å². The van der Waals surface area contributed by atoms with Crippen molar-refractivity contribution in [1.29, 1.82) is 0 Å². The summed E-state index contributed by atoms with van der Waals surface area (Å²) in [5, 5.41) is 0. The zero-order valence-electron chi connectivity index (χ0n) is 9.34. The summed E-state index contributed by atoms with van der Waals surface area (Å²) < 4.78 is 14.3. The minimum atomic E-state index is -0.349. The Balaban J connectivity index is 0.00000144. The maximum absolute atomic E-state index is 13.7. The Morgan fingerprint density at radius 2 is 2.18 bits per heavy atom. The number of amides is 1. The van der Waals surface area contributed by atoms with Gasteiger partial charge in [-0.1, -0.05) is 32.5 Å². The van der Waals surface area contributed by atoms with E-state index in [9.17, 15) is 9.18 Å². The smallest absolute Gasteiger partial charge is 0.222 e. The average Bonchev–Trinajstić information content (AvgIpc) is 2.24. The Hall–Kier alpha value is -0.0561. The number of rotatable bonds is 1. The summed E-state index contributed by atoms with van der Waals surface area (Å²) in [5.74, 6) is -0.359. The summed E-state index contributed by atoms with van der Waals surface area (Å²) in [6.07, 6.45) is 4.03. The van der Waals surface area contributed by atoms with Crippen molar-refractivity contribution in [2.75, 3.05) is 7.05 Å². The van der Waals surface area contributed by atoms with Crippen LogP contribution in [0.1, 0.15) is 18.4 Å². The predicted octanol–water partition coefficient (Wildman–Crippen LogP) is 2.98. The predicted molar refractivity (Wildman–Crippen MR) is 62.8 cm³/mol. The van der Waals surface area contributed by atoms with E-state index in [2.05, 4.69) is 22.0 Å². The fraction of sp³-hybridized carbons (Fsp3) is 0.250. The van der Waals surface area contributed by atoms with E-state index < -0.39 is 0 Å². The van der Waals surface area contributed by atoms with Gasteiger partial charge in [0.25, 0.3) is 0 Å². The van der Waals surface area contributed by atoms with Crippen molar-refractivity contribution < 1.29 is 41.9 Å². The first kappa shape index (κ1) is 15.0. The molecule has 0 spiro atoms. The van der Waals surface area contributed by atoms with Crippen LogP contribution in [0.2, 0.25) is 0 Å². The molecule has 1 radical (unpaired) electrons. The van der Waals surface area contributed by atoms with Crippen LogP contribution in [0, 0.1) is 11.9 Å². The standard InChI is InChI=1S/C12H10BrFNO.Y/c1-15-10(6-3-7-11(15)16)12-8(13)4-2-5-9(12)14;/h2,4-5H,3,7H2,1H3;/q-1;. The van der Waals surface area contributed by atoms with Crippen molar-refractivity contribution in [2.24, 2.45) is 0 Å². The van der Waals surface area contributed by atoms with Gasteiger partial charge in [-0.3, -0.25) is 4.79 Å². The first-order valence-electron chi connectivity index (χ1n) is 4.93. The van der Waals surface area contributed by atoms with E-state index in [1.807, 2.05) is 0 Å². The van der Waals surface area contributed by atoms with Crippen molar-refractivity contribution in [2.45, 2.75) is 12.8 Å². The molecule has 0 saturated heterocycles. The molecule has 87 valence electrons. The molecule has 1 heterocycles. The van der Waals surface area contributed by atoms with Gasteiger partial charge >= 0.3 is 0 Å². The van der Waals surface area contributed by atoms with Gasteiger partial charge in [0.1, 0.15) is 0 Å². The number of hydrogen-bond acceptors (Lipinski definition) is 1. The SMILES string of the molecule is CN1C(=O)CC[C-]=C1c1c(F)cccc1Br.[Y]. The Kier molecular flexibility index (Phi) is 5.48. The topological polar surface area (TPSA) is 20.3 Å². The van der Waals surface area contributed by atoms with E-state index in [0.29, 0.717) is 28.6 Å². The summed E-state index contributed by atoms with van der Waals surface area (Å²) >= 11 is 3.29. The third-order valence-corrected chi connectivity index (χ3v) is 3.20. The summed E-state index contributed by atoms with van der Waals surface area (Å²) in [4.78, 5) is 13.0. The minimum Gasteiger partial charge on any atom is -0.350 e. The molecule has 0 atom stereocenters. The van der Waals surface area contributed by atoms with Crippen LogP contribution >= 0.6 is 15.9 Å². The first-order chi connectivity index (χ1) is 7.61. The van der Waals surface area contributed by atoms with E-state index in [-0.39, 0.29) is 44.4 Å². The number of halogens is 2. The van der Waals surface area contributed by atoms with Gasteiger partial charge < -0.3 is 4.90 Å². The summed E-state index contributed by atoms with van der Waals surface area (Å²) in [6.45, 7) is 0. The van der Waals surface area contributed by atoms with E-state index >= 15 is 0 Å². The largest absolute Gasteiger partial charge is 0.350 e. The van der Waals surface area contributed by atoms with Crippen LogP contribution in [0.25, 0.3) is 5.70 Å². The average molecular weight is 372 g/mol. The Labute approximate surface area is 133 Å². The molecule has 2 nitrogen and oxygen atoms in total. The van der Waals surface area contributed by atoms with Crippen molar-refractivity contribution in [3.05, 3.63) is 40.1 Å². The normalized spacial score (nSPS) is 15.4. The second-order valence-electron chi connectivity index (χ2n) is 3.57. The van der Waals surface area contributed by atoms with Crippen LogP contribution in [-0.2, 0) is 37.5 Å². The van der Waals surface area contributed by atoms with Crippen LogP contribution in [0.3, 0.4) is 0 Å². The van der Waals surface area contributed by atoms with Crippen LogP contribution in [-0.4, -0.2) is 17.9 Å². The number of hydrogen-bond donors (Lipinski definition) is 0. The van der Waals surface area contributed by atoms with E-state index in [1.54, 1.807) is 19.2 Å². The molecule has 2 rings (SSSR count). The zero-order chi connectivity index (χ0) is 11.7. The van der Waals surface area contributed by atoms with Gasteiger partial charge in [-0.2, -0.15) is 0 Å². The van der Waals surface area contributed by atoms with E-state index in [1.165, 1.54) is 11.0 Å². The van der Waals surface area contributed by atoms with Crippen molar-refractivity contribution in [3.8, 4) is 0 Å². The molecular formula is C12H10BrFNOY-. The molecule has 17 heavy (non-hydrogen) atoms. The van der Waals surface area contributed by atoms with Crippen LogP contribution < -0.4 is 0 Å². The molecular weight excluding hydrogens is 362 g/mol. The number of carbonyl (C=O) groups excluding carboxylic acids is 1. The summed E-state index contributed by atoms with van der Waals surface area (Å²) in [7, 11) is 1.64. The number of benzene rings is 1. The fourth-order valence-electron chi connectivity index (χ4n) is 1.68. The van der Waals surface area contributed by atoms with Crippen LogP contribution in [0.4, 0.5) is 4.39 Å². The van der Waals surface area contributed by atoms with Gasteiger partial charge in [-0.05, 0) is 6.07 Å². The van der Waals surface area contributed by atoms with Gasteiger partial charge in [0.2, 0.25) is 5.91 Å². The third kappa shape index (κ3) is 3.04. The molecule has 1 amide bonds. The molecule has 0 aromatic heterocycles. The molecule has 0 unspecified atom stereocenters. The fourth-order valence-corrected chi connectivity index (χ4v) is 2.21. The number of allylic oxidation sites excluding steroid dienone is 1. The molecule has 5 heteroatoms. The summed E-state index contributed by atoms with van der Waals surface area (Å²) in [5.41, 5.74) is 0.916. The van der Waals surface area contributed by atoms with Gasteiger partial charge in [0.05, 0.1) is 5.82 Å². The first-order valence-corrected chi connectivity index (χ1v) is 5.72. The maximum Gasteiger partial charge on any atom is 0.222 e. The monoisotopic (exact) mass is 371 g/mol. The van der Waals surface area contributed by atoms with Gasteiger partial charge in [0, 0.05) is 46.2 Å². The molecule has 0 fully saturated rings. The third-order valence-electron chi connectivity index (χ3n) is 2.54. The Morgan fingerprint density at radius 3 is 2.82 bits per heavy atom. The molecule has 1 aromatic rings. The maximum atomic E-state index is 13.7. The van der Waals surface area contributed by atoms with Crippen LogP contribution in [0.15, 0.2) is 22.7 Å². The molecule has 0 bridgehead atoms. The second-order valence-corrected chi connectivity index (χ2v) is 4.43. The van der Waals surface area contributed by atoms with E-state index in [0.717, 1.165) is 0 Å². The van der Waals surface area contributed by atoms with Crippen molar-refractivity contribution >= 4 is 27.5 Å². The van der Waals surface area contributed by atoms with E-state index in [4.69, 9.17) is 0 Å². The zero-order valence-corrected chi connectivity index (χ0v) is 13.8. The van der Waals surface area contributed by atoms with Gasteiger partial charge in [-0.25, -0.2) is 10.5 Å². The molecule has 1 aliphatic rings. The van der Waals surface area contributed by atoms with Crippen molar-refractivity contribution in [1.82, 2.24) is 4.90 Å². The van der Waals surface area contributed by atoms with Gasteiger partial charge in [-0.15, -0.1) is 17.7 Å².